The first kappa shape index (κ1) is 20.3. The van der Waals surface area contributed by atoms with Gasteiger partial charge in [-0.15, -0.1) is 0 Å². The van der Waals surface area contributed by atoms with Crippen LogP contribution in [0.2, 0.25) is 0 Å². The van der Waals surface area contributed by atoms with E-state index in [0.29, 0.717) is 11.4 Å². The number of aromatic amines is 1. The van der Waals surface area contributed by atoms with Gasteiger partial charge in [-0.1, -0.05) is 12.1 Å². The number of hydrogen-bond donors (Lipinski definition) is 1. The smallest absolute Gasteiger partial charge is 0.270 e. The summed E-state index contributed by atoms with van der Waals surface area (Å²) in [5.41, 5.74) is 6.65. The summed E-state index contributed by atoms with van der Waals surface area (Å²) in [6.07, 6.45) is 4.43. The molecule has 2 aromatic rings. The average Bonchev–Trinajstić information content (AvgIpc) is 2.77. The van der Waals surface area contributed by atoms with Gasteiger partial charge in [-0.2, -0.15) is 15.8 Å². The molecule has 0 unspecified atom stereocenters. The number of nitrogens with two attached hydrogens (primary N) is 1. The maximum atomic E-state index is 11.1. The van der Waals surface area contributed by atoms with Gasteiger partial charge >= 0.3 is 0 Å². The molecule has 30 heavy (non-hydrogen) atoms. The molecule has 0 bridgehead atoms. The van der Waals surface area contributed by atoms with Gasteiger partial charge in [-0.25, -0.2) is 4.98 Å². The van der Waals surface area contributed by atoms with E-state index in [9.17, 15) is 25.9 Å². The quantitative estimate of drug-likeness (QED) is 0.469. The average molecular weight is 400 g/mol. The number of nitrogens with one attached hydrogen (secondary N) is 1. The summed E-state index contributed by atoms with van der Waals surface area (Å²) in [5.74, 6) is 0.538. The summed E-state index contributed by atoms with van der Waals surface area (Å²) in [7, 11) is 0. The Hall–Kier alpha value is -4.42. The molecule has 9 nitrogen and oxygen atoms in total. The van der Waals surface area contributed by atoms with Crippen molar-refractivity contribution in [1.82, 2.24) is 0 Å². The van der Waals surface area contributed by atoms with Gasteiger partial charge in [0.25, 0.3) is 5.69 Å². The highest BCUT2D eigenvalue weighted by Gasteiger charge is 2.29. The van der Waals surface area contributed by atoms with Gasteiger partial charge in [0.15, 0.2) is 0 Å². The van der Waals surface area contributed by atoms with E-state index in [0.717, 1.165) is 32.4 Å². The molecule has 1 aliphatic heterocycles. The third-order valence-corrected chi connectivity index (χ3v) is 4.94. The van der Waals surface area contributed by atoms with Crippen LogP contribution in [0.1, 0.15) is 41.5 Å². The molecule has 0 atom stereocenters. The molecule has 9 heteroatoms. The molecule has 2 heterocycles. The van der Waals surface area contributed by atoms with Crippen molar-refractivity contribution in [2.24, 2.45) is 0 Å². The van der Waals surface area contributed by atoms with Gasteiger partial charge < -0.3 is 5.73 Å². The van der Waals surface area contributed by atoms with E-state index in [1.54, 1.807) is 6.07 Å². The number of hydrogen-bond acceptors (Lipinski definition) is 7. The van der Waals surface area contributed by atoms with Gasteiger partial charge in [0.1, 0.15) is 23.3 Å². The molecular weight excluding hydrogens is 382 g/mol. The fourth-order valence-corrected chi connectivity index (χ4v) is 3.53. The normalized spacial score (nSPS) is 13.8. The number of rotatable bonds is 4. The molecule has 3 rings (SSSR count). The maximum absolute atomic E-state index is 11.1. The Bertz CT molecular complexity index is 1160. The molecule has 3 N–H and O–H groups in total. The zero-order chi connectivity index (χ0) is 21.7. The van der Waals surface area contributed by atoms with Crippen molar-refractivity contribution in [3.63, 3.8) is 0 Å². The zero-order valence-electron chi connectivity index (χ0n) is 16.1. The Kier molecular flexibility index (Phi) is 5.91. The highest BCUT2D eigenvalue weighted by molar-refractivity contribution is 5.95. The summed E-state index contributed by atoms with van der Waals surface area (Å²) in [5, 5.41) is 40.4. The Morgan fingerprint density at radius 3 is 2.47 bits per heavy atom. The largest absolute Gasteiger partial charge is 0.318 e. The first-order chi connectivity index (χ1) is 14.5. The SMILES string of the molecule is N#C/C(=C\c1cccc([N+](=O)[O-])c1)c1c(C#N)c(N)[nH+]c(N2CCCCC2)c1C#N. The van der Waals surface area contributed by atoms with Gasteiger partial charge in [0.05, 0.1) is 29.7 Å². The highest BCUT2D eigenvalue weighted by Crippen LogP contribution is 2.32. The second-order valence-electron chi connectivity index (χ2n) is 6.81. The summed E-state index contributed by atoms with van der Waals surface area (Å²) in [6.45, 7) is 1.46. The molecule has 0 saturated carbocycles. The van der Waals surface area contributed by atoms with E-state index in [1.807, 2.05) is 17.0 Å². The van der Waals surface area contributed by atoms with Crippen LogP contribution >= 0.6 is 0 Å². The Labute approximate surface area is 173 Å². The molecular formula is C21H18N7O2+. The Morgan fingerprint density at radius 1 is 1.17 bits per heavy atom. The van der Waals surface area contributed by atoms with Gasteiger partial charge in [0.2, 0.25) is 11.6 Å². The fraction of sp³-hybridized carbons (Fsp3) is 0.238. The number of H-pyrrole nitrogens is 1. The van der Waals surface area contributed by atoms with Crippen LogP contribution in [-0.4, -0.2) is 18.0 Å². The minimum absolute atomic E-state index is 0.00876. The van der Waals surface area contributed by atoms with Crippen molar-refractivity contribution < 1.29 is 9.91 Å². The third-order valence-electron chi connectivity index (χ3n) is 4.94. The summed E-state index contributed by atoms with van der Waals surface area (Å²) >= 11 is 0. The van der Waals surface area contributed by atoms with Crippen LogP contribution in [0.3, 0.4) is 0 Å². The molecule has 0 spiro atoms. The van der Waals surface area contributed by atoms with Crippen molar-refractivity contribution in [2.75, 3.05) is 23.7 Å². The van der Waals surface area contributed by atoms with E-state index in [1.165, 1.54) is 24.3 Å². The number of aromatic nitrogens is 1. The number of nitriles is 3. The lowest BCUT2D eigenvalue weighted by atomic mass is 9.94. The second-order valence-corrected chi connectivity index (χ2v) is 6.81. The number of piperidine rings is 1. The van der Waals surface area contributed by atoms with Crippen LogP contribution in [0.5, 0.6) is 0 Å². The number of anilines is 2. The summed E-state index contributed by atoms with van der Waals surface area (Å²) in [6, 6.07) is 11.9. The number of benzene rings is 1. The number of nitrogens with zero attached hydrogens (tertiary/aromatic N) is 5. The second kappa shape index (κ2) is 8.72. The Balaban J connectivity index is 2.24. The van der Waals surface area contributed by atoms with Crippen LogP contribution in [-0.2, 0) is 0 Å². The van der Waals surface area contributed by atoms with E-state index in [-0.39, 0.29) is 33.8 Å². The molecule has 1 aromatic carbocycles. The molecule has 148 valence electrons. The van der Waals surface area contributed by atoms with Crippen LogP contribution < -0.4 is 15.6 Å². The predicted octanol–water partition coefficient (Wildman–Crippen LogP) is 2.79. The molecule has 1 fully saturated rings. The maximum Gasteiger partial charge on any atom is 0.270 e. The molecule has 1 aliphatic rings. The fourth-order valence-electron chi connectivity index (χ4n) is 3.53. The number of allylic oxidation sites excluding steroid dienone is 1. The van der Waals surface area contributed by atoms with Crippen molar-refractivity contribution >= 4 is 29.0 Å². The van der Waals surface area contributed by atoms with Crippen molar-refractivity contribution in [2.45, 2.75) is 19.3 Å². The van der Waals surface area contributed by atoms with E-state index in [2.05, 4.69) is 11.1 Å². The van der Waals surface area contributed by atoms with Crippen LogP contribution in [0, 0.1) is 44.1 Å². The lowest BCUT2D eigenvalue weighted by Gasteiger charge is -2.25. The number of nitro benzene ring substituents is 1. The lowest BCUT2D eigenvalue weighted by molar-refractivity contribution is -0.384. The number of nitro groups is 1. The van der Waals surface area contributed by atoms with Gasteiger partial charge in [-0.05, 0) is 30.9 Å². The van der Waals surface area contributed by atoms with E-state index >= 15 is 0 Å². The number of non-ortho nitro benzene ring substituents is 1. The van der Waals surface area contributed by atoms with Gasteiger partial charge in [-0.3, -0.25) is 15.0 Å². The van der Waals surface area contributed by atoms with Crippen LogP contribution in [0.15, 0.2) is 24.3 Å². The zero-order valence-corrected chi connectivity index (χ0v) is 16.1. The molecule has 1 saturated heterocycles. The van der Waals surface area contributed by atoms with Crippen LogP contribution in [0.4, 0.5) is 17.3 Å². The van der Waals surface area contributed by atoms with Crippen molar-refractivity contribution in [3.05, 3.63) is 56.6 Å². The predicted molar refractivity (Wildman–Crippen MR) is 109 cm³/mol. The number of pyridine rings is 1. The first-order valence-electron chi connectivity index (χ1n) is 9.30. The Morgan fingerprint density at radius 2 is 1.87 bits per heavy atom. The molecule has 0 amide bonds. The number of nitrogen functional groups attached to an aromatic ring is 1. The lowest BCUT2D eigenvalue weighted by Crippen LogP contribution is -2.36. The first-order valence-corrected chi connectivity index (χ1v) is 9.30. The summed E-state index contributed by atoms with van der Waals surface area (Å²) in [4.78, 5) is 15.5. The van der Waals surface area contributed by atoms with Gasteiger partial charge in [0, 0.05) is 17.7 Å². The molecule has 0 aliphatic carbocycles. The minimum atomic E-state index is -0.533. The third kappa shape index (κ3) is 3.89. The van der Waals surface area contributed by atoms with E-state index in [4.69, 9.17) is 5.73 Å². The van der Waals surface area contributed by atoms with Crippen LogP contribution in [0.25, 0.3) is 11.6 Å². The van der Waals surface area contributed by atoms with Crippen molar-refractivity contribution in [1.29, 1.82) is 15.8 Å². The molecule has 1 aromatic heterocycles. The summed E-state index contributed by atoms with van der Waals surface area (Å²) < 4.78 is 0. The monoisotopic (exact) mass is 400 g/mol. The van der Waals surface area contributed by atoms with Crippen molar-refractivity contribution in [3.8, 4) is 18.2 Å². The minimum Gasteiger partial charge on any atom is -0.318 e. The highest BCUT2D eigenvalue weighted by atomic mass is 16.6. The topological polar surface area (TPSA) is 158 Å². The van der Waals surface area contributed by atoms with E-state index < -0.39 is 4.92 Å². The molecule has 0 radical (unpaired) electrons. The standard InChI is InChI=1S/C21H17N7O2/c22-11-15(9-14-5-4-6-16(10-14)28(29)30)19-17(12-23)20(25)26-21(18(19)13-24)27-7-2-1-3-8-27/h4-6,9-10H,1-3,7-8H2,(H2,25,26)/p+1/b15-9+.